The van der Waals surface area contributed by atoms with Gasteiger partial charge in [-0.1, -0.05) is 13.3 Å². The molecule has 0 aliphatic carbocycles. The van der Waals surface area contributed by atoms with Crippen molar-refractivity contribution in [2.45, 2.75) is 33.1 Å². The Labute approximate surface area is 94.8 Å². The zero-order valence-corrected chi connectivity index (χ0v) is 10.8. The van der Waals surface area contributed by atoms with Crippen LogP contribution < -0.4 is 0 Å². The number of quaternary nitrogens is 1. The number of nitrogens with zero attached hydrogens (tertiary/aromatic N) is 1. The average molecular weight is 241 g/mol. The third-order valence-corrected chi connectivity index (χ3v) is 2.22. The number of unbranched alkanes of at least 4 members (excludes halogenated alkanes) is 2. The minimum atomic E-state index is -5.17. The lowest BCUT2D eigenvalue weighted by molar-refractivity contribution is -0.888. The van der Waals surface area contributed by atoms with Gasteiger partial charge in [0.15, 0.2) is 0 Å². The van der Waals surface area contributed by atoms with Crippen molar-refractivity contribution >= 4 is 10.4 Å². The van der Waals surface area contributed by atoms with Gasteiger partial charge in [-0.3, -0.25) is 8.42 Å². The standard InChI is InChI=1S/C9H22N.H2O4S/c1-5-7-8-9-10(3,4)6-2;1-5(2,3)4/h5-9H2,1-4H3;(H2,1,2,3,4)/q+1;/p-1. The van der Waals surface area contributed by atoms with E-state index in [0.29, 0.717) is 0 Å². The van der Waals surface area contributed by atoms with Gasteiger partial charge in [-0.15, -0.1) is 0 Å². The molecule has 0 spiro atoms. The van der Waals surface area contributed by atoms with Crippen LogP contribution in [0.2, 0.25) is 0 Å². The summed E-state index contributed by atoms with van der Waals surface area (Å²) >= 11 is 0. The average Bonchev–Trinajstić information content (AvgIpc) is 2.02. The number of hydrogen-bond donors (Lipinski definition) is 0. The molecule has 0 rings (SSSR count). The van der Waals surface area contributed by atoms with Gasteiger partial charge in [-0.2, -0.15) is 0 Å². The monoisotopic (exact) mass is 241 g/mol. The summed E-state index contributed by atoms with van der Waals surface area (Å²) < 4.78 is 35.3. The van der Waals surface area contributed by atoms with Gasteiger partial charge < -0.3 is 13.6 Å². The first-order valence-electron chi connectivity index (χ1n) is 5.11. The molecular formula is C9H23NO4S. The fraction of sp³-hybridized carbons (Fsp3) is 1.00. The van der Waals surface area contributed by atoms with Crippen LogP contribution in [0.5, 0.6) is 0 Å². The van der Waals surface area contributed by atoms with Crippen molar-refractivity contribution in [2.75, 3.05) is 27.2 Å². The van der Waals surface area contributed by atoms with Gasteiger partial charge >= 0.3 is 1.43 Å². The maximum absolute atomic E-state index is 8.52. The Morgan fingerprint density at radius 3 is 1.80 bits per heavy atom. The van der Waals surface area contributed by atoms with Gasteiger partial charge in [0.1, 0.15) is 0 Å². The molecule has 0 bridgehead atoms. The first kappa shape index (κ1) is 17.2. The zero-order valence-electron chi connectivity index (χ0n) is 11.0. The van der Waals surface area contributed by atoms with Crippen molar-refractivity contribution < 1.29 is 23.4 Å². The van der Waals surface area contributed by atoms with Crippen LogP contribution in [0.25, 0.3) is 0 Å². The molecule has 0 fully saturated rings. The SMILES string of the molecule is CCCCC[N+](C)(C)CC.O=S(=O)([O-])[O-].[H+]. The maximum Gasteiger partial charge on any atom is 1.00 e. The summed E-state index contributed by atoms with van der Waals surface area (Å²) in [6, 6.07) is 0. The van der Waals surface area contributed by atoms with Gasteiger partial charge in [0.05, 0.1) is 27.2 Å². The molecule has 0 aromatic heterocycles. The van der Waals surface area contributed by atoms with Crippen LogP contribution in [0.4, 0.5) is 0 Å². The molecule has 0 atom stereocenters. The molecular weight excluding hydrogens is 218 g/mol. The van der Waals surface area contributed by atoms with Crippen LogP contribution in [0.15, 0.2) is 0 Å². The molecule has 0 heterocycles. The topological polar surface area (TPSA) is 80.3 Å². The van der Waals surface area contributed by atoms with Gasteiger partial charge in [-0.25, -0.2) is 0 Å². The normalized spacial score (nSPS) is 11.9. The maximum atomic E-state index is 8.52. The predicted octanol–water partition coefficient (Wildman–Crippen LogP) is 1.05. The highest BCUT2D eigenvalue weighted by molar-refractivity contribution is 7.79. The molecule has 5 nitrogen and oxygen atoms in total. The molecule has 0 unspecified atom stereocenters. The molecule has 0 aliphatic rings. The minimum Gasteiger partial charge on any atom is -0.759 e. The molecule has 15 heavy (non-hydrogen) atoms. The molecule has 94 valence electrons. The second kappa shape index (κ2) is 8.04. The molecule has 6 heteroatoms. The van der Waals surface area contributed by atoms with Crippen molar-refractivity contribution in [2.24, 2.45) is 0 Å². The highest BCUT2D eigenvalue weighted by atomic mass is 32.3. The molecule has 0 saturated carbocycles. The van der Waals surface area contributed by atoms with Crippen molar-refractivity contribution in [3.05, 3.63) is 0 Å². The van der Waals surface area contributed by atoms with E-state index in [9.17, 15) is 0 Å². The Morgan fingerprint density at radius 1 is 1.13 bits per heavy atom. The zero-order chi connectivity index (χ0) is 12.5. The first-order valence-corrected chi connectivity index (χ1v) is 6.44. The highest BCUT2D eigenvalue weighted by Gasteiger charge is 2.09. The van der Waals surface area contributed by atoms with E-state index in [1.165, 1.54) is 36.8 Å². The lowest BCUT2D eigenvalue weighted by atomic mass is 10.2. The predicted molar refractivity (Wildman–Crippen MR) is 58.6 cm³/mol. The Hall–Kier alpha value is -0.170. The molecule has 0 aliphatic heterocycles. The molecule has 0 N–H and O–H groups in total. The largest absolute Gasteiger partial charge is 1.00 e. The molecule has 0 amide bonds. The number of hydrogen-bond acceptors (Lipinski definition) is 4. The summed E-state index contributed by atoms with van der Waals surface area (Å²) in [6.45, 7) is 7.10. The van der Waals surface area contributed by atoms with Crippen molar-refractivity contribution in [3.63, 3.8) is 0 Å². The highest BCUT2D eigenvalue weighted by Crippen LogP contribution is 2.02. The molecule has 0 aromatic rings. The molecule has 0 radical (unpaired) electrons. The van der Waals surface area contributed by atoms with Crippen molar-refractivity contribution in [3.8, 4) is 0 Å². The molecule has 0 saturated heterocycles. The quantitative estimate of drug-likeness (QED) is 0.312. The van der Waals surface area contributed by atoms with Crippen LogP contribution in [-0.4, -0.2) is 49.2 Å². The van der Waals surface area contributed by atoms with E-state index in [-0.39, 0.29) is 1.43 Å². The third kappa shape index (κ3) is 24.8. The van der Waals surface area contributed by atoms with Gasteiger partial charge in [0.25, 0.3) is 0 Å². The lowest BCUT2D eigenvalue weighted by Crippen LogP contribution is -2.39. The third-order valence-electron chi connectivity index (χ3n) is 2.22. The van der Waals surface area contributed by atoms with E-state index in [1.54, 1.807) is 0 Å². The van der Waals surface area contributed by atoms with E-state index >= 15 is 0 Å². The van der Waals surface area contributed by atoms with Gasteiger partial charge in [0.2, 0.25) is 0 Å². The Morgan fingerprint density at radius 2 is 1.53 bits per heavy atom. The summed E-state index contributed by atoms with van der Waals surface area (Å²) in [5.41, 5.74) is 0. The van der Waals surface area contributed by atoms with Crippen LogP contribution in [0, 0.1) is 0 Å². The molecule has 0 aromatic carbocycles. The van der Waals surface area contributed by atoms with E-state index < -0.39 is 10.4 Å². The fourth-order valence-electron chi connectivity index (χ4n) is 0.948. The van der Waals surface area contributed by atoms with E-state index in [4.69, 9.17) is 17.5 Å². The van der Waals surface area contributed by atoms with E-state index in [1.807, 2.05) is 0 Å². The lowest BCUT2D eigenvalue weighted by Gasteiger charge is -2.27. The summed E-state index contributed by atoms with van der Waals surface area (Å²) in [6.07, 6.45) is 4.11. The van der Waals surface area contributed by atoms with Crippen LogP contribution in [0.3, 0.4) is 0 Å². The van der Waals surface area contributed by atoms with E-state index in [2.05, 4.69) is 27.9 Å². The van der Waals surface area contributed by atoms with Crippen molar-refractivity contribution in [1.82, 2.24) is 0 Å². The van der Waals surface area contributed by atoms with Crippen LogP contribution in [-0.2, 0) is 10.4 Å². The van der Waals surface area contributed by atoms with Gasteiger partial charge in [-0.05, 0) is 19.8 Å². The van der Waals surface area contributed by atoms with Crippen LogP contribution in [0.1, 0.15) is 34.5 Å². The Kier molecular flexibility index (Phi) is 9.23. The van der Waals surface area contributed by atoms with Gasteiger partial charge in [0, 0.05) is 10.4 Å². The Balaban J connectivity index is -0.000000242. The smallest absolute Gasteiger partial charge is 0.759 e. The fourth-order valence-corrected chi connectivity index (χ4v) is 0.948. The number of rotatable bonds is 5. The Bertz CT molecular complexity index is 234. The summed E-state index contributed by atoms with van der Waals surface area (Å²) in [5.74, 6) is 0. The second-order valence-corrected chi connectivity index (χ2v) is 4.91. The van der Waals surface area contributed by atoms with Crippen molar-refractivity contribution in [1.29, 1.82) is 0 Å². The summed E-state index contributed by atoms with van der Waals surface area (Å²) in [7, 11) is -0.564. The van der Waals surface area contributed by atoms with E-state index in [0.717, 1.165) is 0 Å². The first-order chi connectivity index (χ1) is 6.62. The summed E-state index contributed by atoms with van der Waals surface area (Å²) in [4.78, 5) is 0. The minimum absolute atomic E-state index is 0. The second-order valence-electron chi connectivity index (χ2n) is 4.09. The summed E-state index contributed by atoms with van der Waals surface area (Å²) in [5, 5.41) is 0. The van der Waals surface area contributed by atoms with Crippen LogP contribution >= 0.6 is 0 Å².